The predicted octanol–water partition coefficient (Wildman–Crippen LogP) is -0.973. The van der Waals surface area contributed by atoms with Gasteiger partial charge in [-0.1, -0.05) is 0 Å². The van der Waals surface area contributed by atoms with Crippen LogP contribution in [0.5, 0.6) is 0 Å². The topological polar surface area (TPSA) is 72.2 Å². The molecule has 3 N–H and O–H groups in total. The molecule has 0 spiro atoms. The van der Waals surface area contributed by atoms with E-state index in [0.29, 0.717) is 0 Å². The molecule has 0 amide bonds. The summed E-state index contributed by atoms with van der Waals surface area (Å²) in [5.74, 6) is 0.0764. The molecule has 1 fully saturated rings. The Morgan fingerprint density at radius 1 is 1.60 bits per heavy atom. The minimum atomic E-state index is -3.27. The largest absolute Gasteiger partial charge is 0.313 e. The maximum atomic E-state index is 10.5. The van der Waals surface area contributed by atoms with Gasteiger partial charge in [0.25, 0.3) is 0 Å². The van der Waals surface area contributed by atoms with Crippen LogP contribution in [0.2, 0.25) is 0 Å². The van der Waals surface area contributed by atoms with Gasteiger partial charge in [0.05, 0.1) is 5.75 Å². The van der Waals surface area contributed by atoms with E-state index >= 15 is 0 Å². The highest BCUT2D eigenvalue weighted by Gasteiger charge is 2.18. The van der Waals surface area contributed by atoms with Gasteiger partial charge in [-0.3, -0.25) is 0 Å². The second-order valence-electron chi connectivity index (χ2n) is 2.62. The summed E-state index contributed by atoms with van der Waals surface area (Å²) in [5, 5.41) is 7.90. The van der Waals surface area contributed by atoms with Gasteiger partial charge in [0, 0.05) is 6.04 Å². The van der Waals surface area contributed by atoms with Crippen LogP contribution in [-0.4, -0.2) is 26.8 Å². The fraction of sp³-hybridized carbons (Fsp3) is 1.00. The van der Waals surface area contributed by atoms with Crippen molar-refractivity contribution in [1.82, 2.24) is 5.32 Å². The highest BCUT2D eigenvalue weighted by molar-refractivity contribution is 7.89. The van der Waals surface area contributed by atoms with Crippen molar-refractivity contribution in [2.45, 2.75) is 18.9 Å². The second kappa shape index (κ2) is 2.86. The molecule has 1 rings (SSSR count). The lowest BCUT2D eigenvalue weighted by Gasteiger charge is -2.06. The minimum absolute atomic E-state index is 0.0764. The monoisotopic (exact) mass is 164 g/mol. The van der Waals surface area contributed by atoms with Crippen LogP contribution in [0, 0.1) is 0 Å². The summed E-state index contributed by atoms with van der Waals surface area (Å²) in [6.45, 7) is 0.917. The molecule has 1 atom stereocenters. The number of nitrogens with one attached hydrogen (secondary N) is 1. The molecular weight excluding hydrogens is 152 g/mol. The molecule has 1 aliphatic rings. The van der Waals surface area contributed by atoms with Crippen molar-refractivity contribution < 1.29 is 8.42 Å². The van der Waals surface area contributed by atoms with Gasteiger partial charge in [0.15, 0.2) is 0 Å². The van der Waals surface area contributed by atoms with Gasteiger partial charge < -0.3 is 5.32 Å². The lowest BCUT2D eigenvalue weighted by molar-refractivity contribution is 0.578. The van der Waals surface area contributed by atoms with E-state index in [1.807, 2.05) is 0 Å². The third-order valence-corrected chi connectivity index (χ3v) is 2.46. The van der Waals surface area contributed by atoms with Crippen LogP contribution in [0.25, 0.3) is 0 Å². The number of hydrogen-bond acceptors (Lipinski definition) is 3. The van der Waals surface area contributed by atoms with Crippen molar-refractivity contribution in [3.63, 3.8) is 0 Å². The summed E-state index contributed by atoms with van der Waals surface area (Å²) >= 11 is 0. The number of hydrogen-bond donors (Lipinski definition) is 2. The SMILES string of the molecule is NS(=O)(=O)C[C@@H]1CCCN1. The van der Waals surface area contributed by atoms with Gasteiger partial charge in [0.1, 0.15) is 0 Å². The third-order valence-electron chi connectivity index (χ3n) is 1.60. The number of rotatable bonds is 2. The average molecular weight is 164 g/mol. The van der Waals surface area contributed by atoms with E-state index in [9.17, 15) is 8.42 Å². The summed E-state index contributed by atoms with van der Waals surface area (Å²) in [4.78, 5) is 0. The van der Waals surface area contributed by atoms with Crippen molar-refractivity contribution in [2.75, 3.05) is 12.3 Å². The van der Waals surface area contributed by atoms with Crippen LogP contribution in [0.15, 0.2) is 0 Å². The van der Waals surface area contributed by atoms with Gasteiger partial charge in [0.2, 0.25) is 10.0 Å². The Bertz CT molecular complexity index is 194. The summed E-state index contributed by atoms with van der Waals surface area (Å²) < 4.78 is 21.0. The highest BCUT2D eigenvalue weighted by Crippen LogP contribution is 2.05. The molecule has 0 radical (unpaired) electrons. The van der Waals surface area contributed by atoms with E-state index in [2.05, 4.69) is 5.32 Å². The van der Waals surface area contributed by atoms with E-state index in [1.165, 1.54) is 0 Å². The summed E-state index contributed by atoms with van der Waals surface area (Å²) in [6, 6.07) is 0.0926. The molecule has 5 heteroatoms. The smallest absolute Gasteiger partial charge is 0.210 e. The van der Waals surface area contributed by atoms with Crippen LogP contribution in [0.3, 0.4) is 0 Å². The highest BCUT2D eigenvalue weighted by atomic mass is 32.2. The third kappa shape index (κ3) is 2.64. The van der Waals surface area contributed by atoms with Gasteiger partial charge in [-0.15, -0.1) is 0 Å². The standard InChI is InChI=1S/C5H12N2O2S/c6-10(8,9)4-5-2-1-3-7-5/h5,7H,1-4H2,(H2,6,8,9)/t5-/m0/s1. The van der Waals surface area contributed by atoms with Crippen molar-refractivity contribution in [3.8, 4) is 0 Å². The zero-order chi connectivity index (χ0) is 7.61. The zero-order valence-electron chi connectivity index (χ0n) is 5.71. The molecule has 60 valence electrons. The lowest BCUT2D eigenvalue weighted by atomic mass is 10.3. The number of nitrogens with two attached hydrogens (primary N) is 1. The zero-order valence-corrected chi connectivity index (χ0v) is 6.52. The van der Waals surface area contributed by atoms with Crippen LogP contribution in [0.1, 0.15) is 12.8 Å². The van der Waals surface area contributed by atoms with E-state index in [1.54, 1.807) is 0 Å². The van der Waals surface area contributed by atoms with E-state index in [0.717, 1.165) is 19.4 Å². The van der Waals surface area contributed by atoms with Crippen LogP contribution < -0.4 is 10.5 Å². The average Bonchev–Trinajstić information content (AvgIpc) is 2.12. The van der Waals surface area contributed by atoms with E-state index < -0.39 is 10.0 Å². The van der Waals surface area contributed by atoms with Gasteiger partial charge >= 0.3 is 0 Å². The maximum Gasteiger partial charge on any atom is 0.210 e. The van der Waals surface area contributed by atoms with Crippen LogP contribution in [0.4, 0.5) is 0 Å². The Labute approximate surface area is 60.8 Å². The van der Waals surface area contributed by atoms with Crippen LogP contribution >= 0.6 is 0 Å². The molecule has 0 unspecified atom stereocenters. The van der Waals surface area contributed by atoms with E-state index in [-0.39, 0.29) is 11.8 Å². The summed E-state index contributed by atoms with van der Waals surface area (Å²) in [7, 11) is -3.27. The summed E-state index contributed by atoms with van der Waals surface area (Å²) in [5.41, 5.74) is 0. The van der Waals surface area contributed by atoms with Crippen LogP contribution in [-0.2, 0) is 10.0 Å². The molecule has 1 aliphatic heterocycles. The molecule has 0 aromatic heterocycles. The van der Waals surface area contributed by atoms with Crippen molar-refractivity contribution in [2.24, 2.45) is 5.14 Å². The first kappa shape index (κ1) is 7.97. The fourth-order valence-electron chi connectivity index (χ4n) is 1.18. The quantitative estimate of drug-likeness (QED) is 0.551. The van der Waals surface area contributed by atoms with Gasteiger partial charge in [-0.25, -0.2) is 13.6 Å². The Kier molecular flexibility index (Phi) is 2.28. The lowest BCUT2D eigenvalue weighted by Crippen LogP contribution is -2.33. The van der Waals surface area contributed by atoms with Crippen molar-refractivity contribution in [3.05, 3.63) is 0 Å². The van der Waals surface area contributed by atoms with Crippen molar-refractivity contribution in [1.29, 1.82) is 0 Å². The molecule has 4 nitrogen and oxygen atoms in total. The maximum absolute atomic E-state index is 10.5. The number of sulfonamides is 1. The Hall–Kier alpha value is -0.130. The van der Waals surface area contributed by atoms with Gasteiger partial charge in [-0.2, -0.15) is 0 Å². The summed E-state index contributed by atoms with van der Waals surface area (Å²) in [6.07, 6.45) is 1.98. The first-order valence-electron chi connectivity index (χ1n) is 3.32. The molecule has 1 heterocycles. The predicted molar refractivity (Wildman–Crippen MR) is 39.0 cm³/mol. The minimum Gasteiger partial charge on any atom is -0.313 e. The Morgan fingerprint density at radius 3 is 2.70 bits per heavy atom. The first-order chi connectivity index (χ1) is 4.58. The molecule has 0 aromatic carbocycles. The molecular formula is C5H12N2O2S. The van der Waals surface area contributed by atoms with Crippen molar-refractivity contribution >= 4 is 10.0 Å². The Morgan fingerprint density at radius 2 is 2.30 bits per heavy atom. The molecule has 10 heavy (non-hydrogen) atoms. The van der Waals surface area contributed by atoms with E-state index in [4.69, 9.17) is 5.14 Å². The normalized spacial score (nSPS) is 27.1. The molecule has 1 saturated heterocycles. The molecule has 0 saturated carbocycles. The second-order valence-corrected chi connectivity index (χ2v) is 4.28. The molecule has 0 bridgehead atoms. The van der Waals surface area contributed by atoms with Gasteiger partial charge in [-0.05, 0) is 19.4 Å². The molecule has 0 aliphatic carbocycles. The Balaban J connectivity index is 2.38. The fourth-order valence-corrected chi connectivity index (χ4v) is 2.02. The first-order valence-corrected chi connectivity index (χ1v) is 5.03. The number of primary sulfonamides is 1. The molecule has 0 aromatic rings.